The molecule has 1 aliphatic carbocycles. The molecule has 4 aromatic rings. The molecule has 0 bridgehead atoms. The van der Waals surface area contributed by atoms with Crippen molar-refractivity contribution in [2.24, 2.45) is 17.8 Å². The third kappa shape index (κ3) is 5.51. The van der Waals surface area contributed by atoms with Crippen molar-refractivity contribution in [2.75, 3.05) is 24.7 Å². The molecule has 0 unspecified atom stereocenters. The first kappa shape index (κ1) is 27.0. The van der Waals surface area contributed by atoms with Gasteiger partial charge in [-0.05, 0) is 49.1 Å². The summed E-state index contributed by atoms with van der Waals surface area (Å²) in [5, 5.41) is 4.46. The summed E-state index contributed by atoms with van der Waals surface area (Å²) in [4.78, 5) is 31.7. The minimum Gasteiger partial charge on any atom is -0.377 e. The van der Waals surface area contributed by atoms with Crippen LogP contribution in [0.5, 0.6) is 0 Å². The molecule has 1 N–H and O–H groups in total. The van der Waals surface area contributed by atoms with Crippen LogP contribution in [0, 0.1) is 17.8 Å². The number of fused-ring (bicyclic) bond motifs is 1. The zero-order chi connectivity index (χ0) is 27.8. The lowest BCUT2D eigenvalue weighted by atomic mass is 9.83. The van der Waals surface area contributed by atoms with E-state index in [4.69, 9.17) is 35.8 Å². The quantitative estimate of drug-likeness (QED) is 0.309. The predicted molar refractivity (Wildman–Crippen MR) is 154 cm³/mol. The van der Waals surface area contributed by atoms with E-state index in [1.807, 2.05) is 24.3 Å². The number of aromatic nitrogens is 6. The Hall–Kier alpha value is -3.24. The average Bonchev–Trinajstić information content (AvgIpc) is 3.53. The summed E-state index contributed by atoms with van der Waals surface area (Å²) in [7, 11) is 0. The Morgan fingerprint density at radius 2 is 1.98 bits per heavy atom. The van der Waals surface area contributed by atoms with Crippen LogP contribution in [0.3, 0.4) is 0 Å². The molecular weight excluding hydrogens is 530 g/mol. The van der Waals surface area contributed by atoms with Crippen molar-refractivity contribution in [2.45, 2.75) is 65.5 Å². The van der Waals surface area contributed by atoms with Gasteiger partial charge < -0.3 is 14.2 Å². The Morgan fingerprint density at radius 3 is 2.70 bits per heavy atom. The van der Waals surface area contributed by atoms with Crippen molar-refractivity contribution in [3.05, 3.63) is 39.8 Å². The molecule has 1 saturated carbocycles. The Kier molecular flexibility index (Phi) is 7.63. The zero-order valence-corrected chi connectivity index (χ0v) is 24.0. The Balaban J connectivity index is 1.57. The molecule has 40 heavy (non-hydrogen) atoms. The number of nitrogens with zero attached hydrogens (tertiary/aromatic N) is 6. The smallest absolute Gasteiger partial charge is 0.377 e. The molecular formula is C29H36ClN7O3. The SMILES string of the molecule is CC(C)C[C@@H]1COCCN1c1nc2nc(-c3noc(=O)[nH]3)nc(-c3cccc(Cl)c3)c2n1CC1CCC(C)CC1. The van der Waals surface area contributed by atoms with E-state index in [-0.39, 0.29) is 17.7 Å². The van der Waals surface area contributed by atoms with Crippen LogP contribution in [0.1, 0.15) is 52.9 Å². The number of hydrogen-bond donors (Lipinski definition) is 1. The van der Waals surface area contributed by atoms with Gasteiger partial charge in [-0.1, -0.05) is 62.5 Å². The molecule has 3 aromatic heterocycles. The normalized spacial score (nSPS) is 21.9. The predicted octanol–water partition coefficient (Wildman–Crippen LogP) is 5.57. The lowest BCUT2D eigenvalue weighted by molar-refractivity contribution is 0.0863. The molecule has 10 nitrogen and oxygen atoms in total. The number of halogens is 1. The second-order valence-corrected chi connectivity index (χ2v) is 12.2. The van der Waals surface area contributed by atoms with Crippen molar-refractivity contribution in [1.82, 2.24) is 29.7 Å². The number of H-pyrrole nitrogens is 1. The highest BCUT2D eigenvalue weighted by Crippen LogP contribution is 2.37. The molecule has 0 spiro atoms. The maximum Gasteiger partial charge on any atom is 0.439 e. The van der Waals surface area contributed by atoms with Gasteiger partial charge in [0, 0.05) is 23.7 Å². The molecule has 0 radical (unpaired) electrons. The summed E-state index contributed by atoms with van der Waals surface area (Å²) in [5.41, 5.74) is 2.96. The summed E-state index contributed by atoms with van der Waals surface area (Å²) < 4.78 is 13.0. The molecule has 0 amide bonds. The van der Waals surface area contributed by atoms with Crippen molar-refractivity contribution >= 4 is 28.7 Å². The lowest BCUT2D eigenvalue weighted by Crippen LogP contribution is -2.47. The van der Waals surface area contributed by atoms with E-state index in [1.165, 1.54) is 25.7 Å². The number of morpholine rings is 1. The van der Waals surface area contributed by atoms with E-state index in [0.717, 1.165) is 42.5 Å². The van der Waals surface area contributed by atoms with Crippen LogP contribution in [0.15, 0.2) is 33.6 Å². The van der Waals surface area contributed by atoms with E-state index in [9.17, 15) is 4.79 Å². The number of hydrogen-bond acceptors (Lipinski definition) is 8. The van der Waals surface area contributed by atoms with Gasteiger partial charge in [0.1, 0.15) is 11.2 Å². The summed E-state index contributed by atoms with van der Waals surface area (Å²) >= 11 is 6.45. The van der Waals surface area contributed by atoms with Crippen molar-refractivity contribution < 1.29 is 9.26 Å². The molecule has 2 aliphatic rings. The number of rotatable bonds is 7. The van der Waals surface area contributed by atoms with Crippen LogP contribution in [0.4, 0.5) is 5.95 Å². The molecule has 4 heterocycles. The Labute approximate surface area is 238 Å². The van der Waals surface area contributed by atoms with Crippen LogP contribution >= 0.6 is 11.6 Å². The molecule has 1 aliphatic heterocycles. The number of imidazole rings is 1. The molecule has 212 valence electrons. The Morgan fingerprint density at radius 1 is 1.15 bits per heavy atom. The fourth-order valence-corrected chi connectivity index (χ4v) is 6.30. The number of nitrogens with one attached hydrogen (secondary N) is 1. The molecule has 6 rings (SSSR count). The van der Waals surface area contributed by atoms with Gasteiger partial charge >= 0.3 is 5.76 Å². The molecule has 1 aromatic carbocycles. The van der Waals surface area contributed by atoms with Gasteiger partial charge in [0.05, 0.1) is 19.3 Å². The third-order valence-electron chi connectivity index (χ3n) is 8.14. The summed E-state index contributed by atoms with van der Waals surface area (Å²) in [6, 6.07) is 7.85. The monoisotopic (exact) mass is 565 g/mol. The first-order valence-electron chi connectivity index (χ1n) is 14.3. The lowest BCUT2D eigenvalue weighted by Gasteiger charge is -2.38. The number of ether oxygens (including phenoxy) is 1. The first-order valence-corrected chi connectivity index (χ1v) is 14.7. The fraction of sp³-hybridized carbons (Fsp3) is 0.552. The number of aromatic amines is 1. The minimum atomic E-state index is -0.661. The fourth-order valence-electron chi connectivity index (χ4n) is 6.11. The van der Waals surface area contributed by atoms with E-state index in [0.29, 0.717) is 41.4 Å². The van der Waals surface area contributed by atoms with Crippen molar-refractivity contribution in [3.8, 4) is 22.9 Å². The van der Waals surface area contributed by atoms with E-state index in [1.54, 1.807) is 0 Å². The zero-order valence-electron chi connectivity index (χ0n) is 23.3. The largest absolute Gasteiger partial charge is 0.439 e. The van der Waals surface area contributed by atoms with Gasteiger partial charge in [0.2, 0.25) is 17.6 Å². The minimum absolute atomic E-state index is 0.164. The summed E-state index contributed by atoms with van der Waals surface area (Å²) in [6.45, 7) is 9.74. The molecule has 11 heteroatoms. The maximum atomic E-state index is 11.8. The van der Waals surface area contributed by atoms with Crippen LogP contribution in [-0.4, -0.2) is 55.5 Å². The summed E-state index contributed by atoms with van der Waals surface area (Å²) in [5.74, 6) is 2.47. The second kappa shape index (κ2) is 11.3. The number of benzene rings is 1. The topological polar surface area (TPSA) is 115 Å². The molecule has 1 saturated heterocycles. The van der Waals surface area contributed by atoms with Gasteiger partial charge in [-0.2, -0.15) is 4.98 Å². The van der Waals surface area contributed by atoms with Gasteiger partial charge in [-0.3, -0.25) is 9.51 Å². The van der Waals surface area contributed by atoms with Crippen LogP contribution < -0.4 is 10.7 Å². The van der Waals surface area contributed by atoms with Crippen LogP contribution in [0.25, 0.3) is 34.1 Å². The standard InChI is InChI=1S/C29H36ClN7O3/c1-17(2)13-22-16-39-12-11-36(22)28-33-25-24(37(28)15-19-9-7-18(3)8-10-19)23(20-5-4-6-21(30)14-20)31-26(32-25)27-34-29(38)40-35-27/h4-6,14,17-19,22H,7-13,15-16H2,1-3H3,(H,34,35,38)/t18?,19?,22-/m1/s1. The van der Waals surface area contributed by atoms with E-state index in [2.05, 4.69) is 40.4 Å². The Bertz CT molecular complexity index is 1540. The van der Waals surface area contributed by atoms with Gasteiger partial charge in [-0.15, -0.1) is 0 Å². The van der Waals surface area contributed by atoms with Crippen molar-refractivity contribution in [1.29, 1.82) is 0 Å². The highest BCUT2D eigenvalue weighted by molar-refractivity contribution is 6.30. The summed E-state index contributed by atoms with van der Waals surface area (Å²) in [6.07, 6.45) is 5.85. The third-order valence-corrected chi connectivity index (χ3v) is 8.37. The number of anilines is 1. The first-order chi connectivity index (χ1) is 19.4. The van der Waals surface area contributed by atoms with E-state index >= 15 is 0 Å². The highest BCUT2D eigenvalue weighted by Gasteiger charge is 2.32. The molecule has 1 atom stereocenters. The highest BCUT2D eigenvalue weighted by atomic mass is 35.5. The van der Waals surface area contributed by atoms with Crippen LogP contribution in [0.2, 0.25) is 5.02 Å². The molecule has 2 fully saturated rings. The van der Waals surface area contributed by atoms with Crippen LogP contribution in [-0.2, 0) is 11.3 Å². The van der Waals surface area contributed by atoms with Gasteiger partial charge in [-0.25, -0.2) is 14.8 Å². The van der Waals surface area contributed by atoms with E-state index < -0.39 is 5.76 Å². The average molecular weight is 566 g/mol. The van der Waals surface area contributed by atoms with Gasteiger partial charge in [0.25, 0.3) is 0 Å². The van der Waals surface area contributed by atoms with Gasteiger partial charge in [0.15, 0.2) is 5.65 Å². The van der Waals surface area contributed by atoms with Crippen molar-refractivity contribution in [3.63, 3.8) is 0 Å². The second-order valence-electron chi connectivity index (χ2n) is 11.7. The maximum absolute atomic E-state index is 11.8.